The van der Waals surface area contributed by atoms with E-state index in [0.29, 0.717) is 5.69 Å². The normalized spacial score (nSPS) is 21.2. The van der Waals surface area contributed by atoms with Crippen molar-refractivity contribution in [3.8, 4) is 0 Å². The first kappa shape index (κ1) is 8.38. The Morgan fingerprint density at radius 2 is 2.00 bits per heavy atom. The Hall–Kier alpha value is -1.22. The maximum absolute atomic E-state index is 5.97. The Bertz CT molecular complexity index is 333. The molecule has 1 aliphatic rings. The summed E-state index contributed by atoms with van der Waals surface area (Å²) >= 11 is 0. The van der Waals surface area contributed by atoms with E-state index in [4.69, 9.17) is 17.2 Å². The number of anilines is 2. The summed E-state index contributed by atoms with van der Waals surface area (Å²) in [5, 5.41) is 0. The lowest BCUT2D eigenvalue weighted by Gasteiger charge is -2.24. The van der Waals surface area contributed by atoms with Crippen molar-refractivity contribution in [2.45, 2.75) is 25.3 Å². The summed E-state index contributed by atoms with van der Waals surface area (Å²) in [6.07, 6.45) is 3.18. The highest BCUT2D eigenvalue weighted by atomic mass is 14.7. The van der Waals surface area contributed by atoms with E-state index in [1.54, 1.807) is 0 Å². The molecule has 3 heteroatoms. The molecule has 1 aromatic carbocycles. The van der Waals surface area contributed by atoms with Gasteiger partial charge in [0, 0.05) is 6.04 Å². The zero-order valence-electron chi connectivity index (χ0n) is 7.59. The largest absolute Gasteiger partial charge is 0.397 e. The third-order valence-electron chi connectivity index (χ3n) is 2.77. The number of nitrogens with two attached hydrogens (primary N) is 3. The molecule has 0 aliphatic heterocycles. The molecule has 0 radical (unpaired) electrons. The smallest absolute Gasteiger partial charge is 0.0583 e. The highest BCUT2D eigenvalue weighted by Crippen LogP contribution is 2.34. The van der Waals surface area contributed by atoms with Crippen LogP contribution in [0.4, 0.5) is 11.4 Å². The summed E-state index contributed by atoms with van der Waals surface area (Å²) in [5.74, 6) is 0. The molecule has 3 nitrogen and oxygen atoms in total. The zero-order valence-corrected chi connectivity index (χ0v) is 7.59. The summed E-state index contributed by atoms with van der Waals surface area (Å²) in [5.41, 5.74) is 21.3. The van der Waals surface area contributed by atoms with Gasteiger partial charge in [-0.1, -0.05) is 6.07 Å². The average Bonchev–Trinajstić information content (AvgIpc) is 2.12. The first-order valence-corrected chi connectivity index (χ1v) is 4.62. The van der Waals surface area contributed by atoms with Crippen molar-refractivity contribution in [2.75, 3.05) is 11.5 Å². The molecule has 0 amide bonds. The molecule has 70 valence electrons. The summed E-state index contributed by atoms with van der Waals surface area (Å²) < 4.78 is 0. The lowest BCUT2D eigenvalue weighted by Crippen LogP contribution is -2.19. The van der Waals surface area contributed by atoms with Crippen LogP contribution < -0.4 is 17.2 Å². The predicted molar refractivity (Wildman–Crippen MR) is 55.1 cm³/mol. The van der Waals surface area contributed by atoms with Gasteiger partial charge >= 0.3 is 0 Å². The Morgan fingerprint density at radius 1 is 1.23 bits per heavy atom. The van der Waals surface area contributed by atoms with Crippen molar-refractivity contribution in [2.24, 2.45) is 5.73 Å². The van der Waals surface area contributed by atoms with E-state index < -0.39 is 0 Å². The Labute approximate surface area is 77.9 Å². The highest BCUT2D eigenvalue weighted by Gasteiger charge is 2.19. The first-order valence-electron chi connectivity index (χ1n) is 4.62. The number of benzene rings is 1. The van der Waals surface area contributed by atoms with Crippen LogP contribution in [0.5, 0.6) is 0 Å². The first-order chi connectivity index (χ1) is 6.20. The van der Waals surface area contributed by atoms with Crippen molar-refractivity contribution in [1.29, 1.82) is 0 Å². The SMILES string of the molecule is Nc1ccc2c(c1N)CCC[C@@H]2N. The van der Waals surface area contributed by atoms with Crippen LogP contribution in [0.15, 0.2) is 12.1 Å². The second-order valence-electron chi connectivity index (χ2n) is 3.63. The van der Waals surface area contributed by atoms with E-state index in [9.17, 15) is 0 Å². The third-order valence-corrected chi connectivity index (χ3v) is 2.77. The molecule has 13 heavy (non-hydrogen) atoms. The minimum atomic E-state index is 0.145. The topological polar surface area (TPSA) is 78.1 Å². The quantitative estimate of drug-likeness (QED) is 0.521. The predicted octanol–water partition coefficient (Wildman–Crippen LogP) is 1.19. The molecule has 0 fully saturated rings. The fraction of sp³-hybridized carbons (Fsp3) is 0.400. The number of hydrogen-bond acceptors (Lipinski definition) is 3. The van der Waals surface area contributed by atoms with Gasteiger partial charge in [0.25, 0.3) is 0 Å². The van der Waals surface area contributed by atoms with Crippen LogP contribution in [0.3, 0.4) is 0 Å². The van der Waals surface area contributed by atoms with Crippen molar-refractivity contribution < 1.29 is 0 Å². The summed E-state index contributed by atoms with van der Waals surface area (Å²) in [7, 11) is 0. The molecule has 0 bridgehead atoms. The maximum Gasteiger partial charge on any atom is 0.0583 e. The minimum absolute atomic E-state index is 0.145. The van der Waals surface area contributed by atoms with E-state index in [1.807, 2.05) is 12.1 Å². The van der Waals surface area contributed by atoms with E-state index in [0.717, 1.165) is 24.9 Å². The molecule has 0 heterocycles. The summed E-state index contributed by atoms with van der Waals surface area (Å²) in [6.45, 7) is 0. The lowest BCUT2D eigenvalue weighted by molar-refractivity contribution is 0.572. The van der Waals surface area contributed by atoms with Crippen molar-refractivity contribution in [1.82, 2.24) is 0 Å². The zero-order chi connectivity index (χ0) is 9.42. The van der Waals surface area contributed by atoms with Crippen LogP contribution in [0, 0.1) is 0 Å². The summed E-state index contributed by atoms with van der Waals surface area (Å²) in [4.78, 5) is 0. The van der Waals surface area contributed by atoms with Crippen molar-refractivity contribution >= 4 is 11.4 Å². The van der Waals surface area contributed by atoms with Gasteiger partial charge in [-0.15, -0.1) is 0 Å². The highest BCUT2D eigenvalue weighted by molar-refractivity contribution is 5.70. The van der Waals surface area contributed by atoms with Gasteiger partial charge in [-0.3, -0.25) is 0 Å². The molecule has 2 rings (SSSR count). The van der Waals surface area contributed by atoms with Gasteiger partial charge in [0.15, 0.2) is 0 Å². The molecular formula is C10H15N3. The molecule has 1 aromatic rings. The van der Waals surface area contributed by atoms with Gasteiger partial charge in [-0.25, -0.2) is 0 Å². The molecule has 1 atom stereocenters. The molecule has 6 N–H and O–H groups in total. The van der Waals surface area contributed by atoms with E-state index in [1.165, 1.54) is 11.1 Å². The van der Waals surface area contributed by atoms with Gasteiger partial charge < -0.3 is 17.2 Å². The molecular weight excluding hydrogens is 162 g/mol. The van der Waals surface area contributed by atoms with Gasteiger partial charge in [0.1, 0.15) is 0 Å². The van der Waals surface area contributed by atoms with Crippen LogP contribution in [0.2, 0.25) is 0 Å². The van der Waals surface area contributed by atoms with Crippen molar-refractivity contribution in [3.05, 3.63) is 23.3 Å². The second kappa shape index (κ2) is 2.92. The Kier molecular flexibility index (Phi) is 1.88. The van der Waals surface area contributed by atoms with Crippen LogP contribution in [-0.4, -0.2) is 0 Å². The molecule has 0 unspecified atom stereocenters. The number of fused-ring (bicyclic) bond motifs is 1. The van der Waals surface area contributed by atoms with E-state index in [-0.39, 0.29) is 6.04 Å². The fourth-order valence-corrected chi connectivity index (χ4v) is 1.98. The van der Waals surface area contributed by atoms with Gasteiger partial charge in [-0.2, -0.15) is 0 Å². The molecule has 0 spiro atoms. The molecule has 0 saturated heterocycles. The standard InChI is InChI=1S/C10H15N3/c11-8-3-1-2-7-6(8)4-5-9(12)10(7)13/h4-5,8H,1-3,11-13H2/t8-/m0/s1. The lowest BCUT2D eigenvalue weighted by atomic mass is 9.87. The van der Waals surface area contributed by atoms with Crippen LogP contribution >= 0.6 is 0 Å². The molecule has 1 aliphatic carbocycles. The third kappa shape index (κ3) is 1.25. The monoisotopic (exact) mass is 177 g/mol. The molecule has 0 saturated carbocycles. The molecule has 0 aromatic heterocycles. The van der Waals surface area contributed by atoms with E-state index >= 15 is 0 Å². The minimum Gasteiger partial charge on any atom is -0.397 e. The van der Waals surface area contributed by atoms with Crippen molar-refractivity contribution in [3.63, 3.8) is 0 Å². The van der Waals surface area contributed by atoms with E-state index in [2.05, 4.69) is 0 Å². The fourth-order valence-electron chi connectivity index (χ4n) is 1.98. The number of nitrogen functional groups attached to an aromatic ring is 2. The maximum atomic E-state index is 5.97. The van der Waals surface area contributed by atoms with Crippen LogP contribution in [-0.2, 0) is 6.42 Å². The van der Waals surface area contributed by atoms with Gasteiger partial charge in [0.2, 0.25) is 0 Å². The van der Waals surface area contributed by atoms with Gasteiger partial charge in [0.05, 0.1) is 11.4 Å². The number of hydrogen-bond donors (Lipinski definition) is 3. The average molecular weight is 177 g/mol. The second-order valence-corrected chi connectivity index (χ2v) is 3.63. The number of rotatable bonds is 0. The van der Waals surface area contributed by atoms with Crippen LogP contribution in [0.25, 0.3) is 0 Å². The summed E-state index contributed by atoms with van der Waals surface area (Å²) in [6, 6.07) is 4.00. The Morgan fingerprint density at radius 3 is 2.77 bits per heavy atom. The van der Waals surface area contributed by atoms with Crippen LogP contribution in [0.1, 0.15) is 30.0 Å². The van der Waals surface area contributed by atoms with Gasteiger partial charge in [-0.05, 0) is 36.5 Å². The Balaban J connectivity index is 2.56.